The van der Waals surface area contributed by atoms with Crippen molar-refractivity contribution >= 4 is 0 Å². The largest absolute Gasteiger partial charge is 0.494 e. The van der Waals surface area contributed by atoms with Crippen molar-refractivity contribution in [2.45, 2.75) is 45.1 Å². The van der Waals surface area contributed by atoms with E-state index >= 15 is 0 Å². The average molecular weight is 251 g/mol. The second kappa shape index (κ2) is 7.39. The lowest BCUT2D eigenvalue weighted by Crippen LogP contribution is -2.40. The van der Waals surface area contributed by atoms with E-state index in [-0.39, 0.29) is 6.61 Å². The molecule has 0 fully saturated rings. The summed E-state index contributed by atoms with van der Waals surface area (Å²) in [6.07, 6.45) is 3.89. The molecule has 0 bridgehead atoms. The molecule has 0 heterocycles. The molecule has 102 valence electrons. The molecule has 1 rings (SSSR count). The second-order valence-electron chi connectivity index (χ2n) is 5.16. The van der Waals surface area contributed by atoms with Crippen molar-refractivity contribution in [1.82, 2.24) is 0 Å². The molecule has 1 aromatic carbocycles. The Morgan fingerprint density at radius 2 is 1.94 bits per heavy atom. The Hall–Kier alpha value is -1.06. The Morgan fingerprint density at radius 3 is 2.50 bits per heavy atom. The molecule has 0 radical (unpaired) electrons. The molecule has 0 saturated carbocycles. The van der Waals surface area contributed by atoms with Crippen molar-refractivity contribution in [2.24, 2.45) is 5.73 Å². The van der Waals surface area contributed by atoms with Gasteiger partial charge in [0.1, 0.15) is 5.75 Å². The molecule has 1 atom stereocenters. The van der Waals surface area contributed by atoms with Crippen LogP contribution in [0.25, 0.3) is 0 Å². The minimum absolute atomic E-state index is 0.0191. The minimum atomic E-state index is -0.490. The monoisotopic (exact) mass is 251 g/mol. The first-order valence-corrected chi connectivity index (χ1v) is 6.69. The summed E-state index contributed by atoms with van der Waals surface area (Å²) in [5, 5.41) is 9.09. The number of unbranched alkanes of at least 4 members (excludes halogenated alkanes) is 1. The van der Waals surface area contributed by atoms with Crippen LogP contribution in [-0.4, -0.2) is 23.9 Å². The molecule has 3 N–H and O–H groups in total. The van der Waals surface area contributed by atoms with Crippen LogP contribution < -0.4 is 10.5 Å². The van der Waals surface area contributed by atoms with E-state index in [0.717, 1.165) is 38.0 Å². The van der Waals surface area contributed by atoms with Gasteiger partial charge >= 0.3 is 0 Å². The lowest BCUT2D eigenvalue weighted by Gasteiger charge is -2.21. The van der Waals surface area contributed by atoms with Gasteiger partial charge in [-0.1, -0.05) is 25.5 Å². The van der Waals surface area contributed by atoms with Gasteiger partial charge in [-0.25, -0.2) is 0 Å². The lowest BCUT2D eigenvalue weighted by atomic mass is 9.95. The number of rotatable bonds is 8. The highest BCUT2D eigenvalue weighted by molar-refractivity contribution is 5.27. The van der Waals surface area contributed by atoms with Crippen molar-refractivity contribution in [1.29, 1.82) is 0 Å². The maximum atomic E-state index is 9.09. The van der Waals surface area contributed by atoms with Crippen LogP contribution in [0.2, 0.25) is 0 Å². The van der Waals surface area contributed by atoms with Gasteiger partial charge in [0.2, 0.25) is 0 Å². The standard InChI is InChI=1S/C15H25NO2/c1-3-4-11-18-14-7-5-13(6-8-14)9-10-15(2,16)12-17/h5-8,17H,3-4,9-12,16H2,1-2H3/t15-/m1/s1. The van der Waals surface area contributed by atoms with Gasteiger partial charge in [-0.15, -0.1) is 0 Å². The van der Waals surface area contributed by atoms with Gasteiger partial charge in [-0.3, -0.25) is 0 Å². The Kier molecular flexibility index (Phi) is 6.16. The molecule has 0 aliphatic heterocycles. The summed E-state index contributed by atoms with van der Waals surface area (Å²) in [5.74, 6) is 0.921. The maximum Gasteiger partial charge on any atom is 0.119 e. The van der Waals surface area contributed by atoms with Crippen LogP contribution in [-0.2, 0) is 6.42 Å². The van der Waals surface area contributed by atoms with Crippen molar-refractivity contribution < 1.29 is 9.84 Å². The molecule has 0 unspecified atom stereocenters. The zero-order valence-electron chi connectivity index (χ0n) is 11.5. The molecule has 0 aromatic heterocycles. The summed E-state index contributed by atoms with van der Waals surface area (Å²) in [7, 11) is 0. The van der Waals surface area contributed by atoms with E-state index in [9.17, 15) is 0 Å². The number of ether oxygens (including phenoxy) is 1. The van der Waals surface area contributed by atoms with Crippen molar-refractivity contribution in [3.8, 4) is 5.75 Å². The van der Waals surface area contributed by atoms with Crippen LogP contribution in [0.1, 0.15) is 38.7 Å². The fourth-order valence-electron chi connectivity index (χ4n) is 1.60. The van der Waals surface area contributed by atoms with E-state index in [2.05, 4.69) is 19.1 Å². The SMILES string of the molecule is CCCCOc1ccc(CC[C@@](C)(N)CO)cc1. The Bertz CT molecular complexity index is 333. The summed E-state index contributed by atoms with van der Waals surface area (Å²) in [6, 6.07) is 8.12. The third kappa shape index (κ3) is 5.52. The van der Waals surface area contributed by atoms with E-state index in [1.807, 2.05) is 19.1 Å². The lowest BCUT2D eigenvalue weighted by molar-refractivity contribution is 0.200. The highest BCUT2D eigenvalue weighted by Gasteiger charge is 2.16. The van der Waals surface area contributed by atoms with Gasteiger partial charge in [0.15, 0.2) is 0 Å². The quantitative estimate of drug-likeness (QED) is 0.698. The molecule has 3 heteroatoms. The molecular formula is C15H25NO2. The number of hydrogen-bond acceptors (Lipinski definition) is 3. The first-order valence-electron chi connectivity index (χ1n) is 6.69. The molecule has 1 aromatic rings. The average Bonchev–Trinajstić information content (AvgIpc) is 2.38. The summed E-state index contributed by atoms with van der Waals surface area (Å²) in [6.45, 7) is 4.82. The van der Waals surface area contributed by atoms with Crippen LogP contribution >= 0.6 is 0 Å². The highest BCUT2D eigenvalue weighted by atomic mass is 16.5. The van der Waals surface area contributed by atoms with Gasteiger partial charge in [0.05, 0.1) is 13.2 Å². The number of aryl methyl sites for hydroxylation is 1. The molecule has 0 aliphatic carbocycles. The van der Waals surface area contributed by atoms with Crippen molar-refractivity contribution in [3.05, 3.63) is 29.8 Å². The van der Waals surface area contributed by atoms with Gasteiger partial charge in [0.25, 0.3) is 0 Å². The number of hydrogen-bond donors (Lipinski definition) is 2. The van der Waals surface area contributed by atoms with Crippen LogP contribution in [0.15, 0.2) is 24.3 Å². The van der Waals surface area contributed by atoms with Gasteiger partial charge in [0, 0.05) is 5.54 Å². The molecular weight excluding hydrogens is 226 g/mol. The fourth-order valence-corrected chi connectivity index (χ4v) is 1.60. The summed E-state index contributed by atoms with van der Waals surface area (Å²) >= 11 is 0. The summed E-state index contributed by atoms with van der Waals surface area (Å²) in [4.78, 5) is 0. The van der Waals surface area contributed by atoms with E-state index in [0.29, 0.717) is 0 Å². The first kappa shape index (κ1) is 15.0. The number of nitrogens with two attached hydrogens (primary N) is 1. The molecule has 0 saturated heterocycles. The topological polar surface area (TPSA) is 55.5 Å². The van der Waals surface area contributed by atoms with Crippen LogP contribution in [0.5, 0.6) is 5.75 Å². The molecule has 3 nitrogen and oxygen atoms in total. The molecule has 0 amide bonds. The zero-order valence-corrected chi connectivity index (χ0v) is 11.5. The smallest absolute Gasteiger partial charge is 0.119 e. The first-order chi connectivity index (χ1) is 8.57. The predicted octanol–water partition coefficient (Wildman–Crippen LogP) is 2.51. The molecule has 18 heavy (non-hydrogen) atoms. The number of aliphatic hydroxyl groups is 1. The van der Waals surface area contributed by atoms with Crippen molar-refractivity contribution in [3.63, 3.8) is 0 Å². The van der Waals surface area contributed by atoms with Crippen molar-refractivity contribution in [2.75, 3.05) is 13.2 Å². The van der Waals surface area contributed by atoms with Gasteiger partial charge in [-0.2, -0.15) is 0 Å². The number of aliphatic hydroxyl groups excluding tert-OH is 1. The van der Waals surface area contributed by atoms with E-state index in [1.165, 1.54) is 5.56 Å². The third-order valence-corrected chi connectivity index (χ3v) is 3.04. The maximum absolute atomic E-state index is 9.09. The molecule has 0 spiro atoms. The summed E-state index contributed by atoms with van der Waals surface area (Å²) in [5.41, 5.74) is 6.64. The van der Waals surface area contributed by atoms with Crippen LogP contribution in [0.3, 0.4) is 0 Å². The highest BCUT2D eigenvalue weighted by Crippen LogP contribution is 2.16. The van der Waals surface area contributed by atoms with Crippen LogP contribution in [0.4, 0.5) is 0 Å². The zero-order chi connectivity index (χ0) is 13.4. The van der Waals surface area contributed by atoms with Gasteiger partial charge in [-0.05, 0) is 43.9 Å². The Morgan fingerprint density at radius 1 is 1.28 bits per heavy atom. The Labute approximate surface area is 110 Å². The van der Waals surface area contributed by atoms with E-state index < -0.39 is 5.54 Å². The fraction of sp³-hybridized carbons (Fsp3) is 0.600. The second-order valence-corrected chi connectivity index (χ2v) is 5.16. The van der Waals surface area contributed by atoms with Gasteiger partial charge < -0.3 is 15.6 Å². The van der Waals surface area contributed by atoms with E-state index in [4.69, 9.17) is 15.6 Å². The molecule has 0 aliphatic rings. The minimum Gasteiger partial charge on any atom is -0.494 e. The normalized spacial score (nSPS) is 14.2. The Balaban J connectivity index is 2.40. The predicted molar refractivity (Wildman–Crippen MR) is 74.8 cm³/mol. The van der Waals surface area contributed by atoms with E-state index in [1.54, 1.807) is 0 Å². The number of benzene rings is 1. The summed E-state index contributed by atoms with van der Waals surface area (Å²) < 4.78 is 5.60. The third-order valence-electron chi connectivity index (χ3n) is 3.04. The van der Waals surface area contributed by atoms with Crippen LogP contribution in [0, 0.1) is 0 Å².